The van der Waals surface area contributed by atoms with Crippen molar-refractivity contribution in [2.75, 3.05) is 19.7 Å². The lowest BCUT2D eigenvalue weighted by Crippen LogP contribution is -2.57. The first kappa shape index (κ1) is 33.4. The van der Waals surface area contributed by atoms with E-state index in [0.717, 1.165) is 11.1 Å². The highest BCUT2D eigenvalue weighted by Gasteiger charge is 2.79. The maximum absolute atomic E-state index is 15.1. The van der Waals surface area contributed by atoms with Crippen LogP contribution in [0.25, 0.3) is 11.0 Å². The van der Waals surface area contributed by atoms with Crippen LogP contribution in [0, 0.1) is 11.8 Å². The smallest absolute Gasteiger partial charge is 0.250 e. The van der Waals surface area contributed by atoms with Gasteiger partial charge in [-0.05, 0) is 43.0 Å². The summed E-state index contributed by atoms with van der Waals surface area (Å²) in [5.41, 5.74) is 0.776. The van der Waals surface area contributed by atoms with Crippen LogP contribution in [0.1, 0.15) is 36.9 Å². The van der Waals surface area contributed by atoms with Crippen molar-refractivity contribution in [3.63, 3.8) is 0 Å². The number of benzene rings is 3. The summed E-state index contributed by atoms with van der Waals surface area (Å²) in [6, 6.07) is 24.4. The van der Waals surface area contributed by atoms with E-state index in [1.54, 1.807) is 26.6 Å². The normalized spacial score (nSPS) is 25.8. The van der Waals surface area contributed by atoms with Crippen LogP contribution in [0.5, 0.6) is 0 Å². The van der Waals surface area contributed by atoms with Gasteiger partial charge in [0.2, 0.25) is 17.7 Å². The summed E-state index contributed by atoms with van der Waals surface area (Å²) in [5.74, 6) is -2.77. The highest BCUT2D eigenvalue weighted by Crippen LogP contribution is 2.64. The number of aliphatic hydroxyl groups is 1. The van der Waals surface area contributed by atoms with Gasteiger partial charge in [0.05, 0.1) is 35.6 Å². The van der Waals surface area contributed by atoms with Crippen molar-refractivity contribution in [2.24, 2.45) is 11.8 Å². The van der Waals surface area contributed by atoms with Crippen LogP contribution in [0.4, 0.5) is 0 Å². The SMILES string of the molecule is C=CCN(Cn1nnc2ccccc21)C(=O)C1N([C@H](CO)c2ccccc2)C(=O)[C@@H]2[C@@H](C(=O)N(CC=C)Cc3ccccc3)[C@@]3(C)CCC12O3. The molecule has 2 bridgehead atoms. The van der Waals surface area contributed by atoms with Gasteiger partial charge in [0.25, 0.3) is 0 Å². The lowest BCUT2D eigenvalue weighted by atomic mass is 9.66. The molecule has 50 heavy (non-hydrogen) atoms. The molecule has 0 aliphatic carbocycles. The largest absolute Gasteiger partial charge is 0.394 e. The molecule has 1 N–H and O–H groups in total. The summed E-state index contributed by atoms with van der Waals surface area (Å²) in [6.45, 7) is 10.1. The summed E-state index contributed by atoms with van der Waals surface area (Å²) in [4.78, 5) is 49.7. The molecule has 3 aliphatic rings. The zero-order chi connectivity index (χ0) is 35.0. The molecule has 0 saturated carbocycles. The number of amides is 3. The molecule has 4 aromatic rings. The highest BCUT2D eigenvalue weighted by atomic mass is 16.5. The Morgan fingerprint density at radius 2 is 1.62 bits per heavy atom. The van der Waals surface area contributed by atoms with E-state index >= 15 is 9.59 Å². The lowest BCUT2D eigenvalue weighted by molar-refractivity contribution is -0.157. The molecule has 1 aromatic heterocycles. The lowest BCUT2D eigenvalue weighted by Gasteiger charge is -2.39. The van der Waals surface area contributed by atoms with Crippen LogP contribution in [0.15, 0.2) is 110 Å². The van der Waals surface area contributed by atoms with Gasteiger partial charge >= 0.3 is 0 Å². The van der Waals surface area contributed by atoms with Gasteiger partial charge in [0.15, 0.2) is 0 Å². The minimum Gasteiger partial charge on any atom is -0.394 e. The number of hydrogen-bond acceptors (Lipinski definition) is 7. The highest BCUT2D eigenvalue weighted by molar-refractivity contribution is 5.99. The molecule has 3 aromatic carbocycles. The van der Waals surface area contributed by atoms with Crippen molar-refractivity contribution in [3.05, 3.63) is 121 Å². The van der Waals surface area contributed by atoms with Crippen molar-refractivity contribution in [2.45, 2.75) is 56.3 Å². The van der Waals surface area contributed by atoms with Crippen molar-refractivity contribution < 1.29 is 24.2 Å². The molecule has 11 nitrogen and oxygen atoms in total. The van der Waals surface area contributed by atoms with Gasteiger partial charge in [-0.2, -0.15) is 0 Å². The Bertz CT molecular complexity index is 1920. The predicted molar refractivity (Wildman–Crippen MR) is 187 cm³/mol. The fourth-order valence-electron chi connectivity index (χ4n) is 8.50. The second kappa shape index (κ2) is 13.3. The number of para-hydroxylation sites is 1. The van der Waals surface area contributed by atoms with Crippen LogP contribution >= 0.6 is 0 Å². The van der Waals surface area contributed by atoms with E-state index in [-0.39, 0.29) is 37.5 Å². The van der Waals surface area contributed by atoms with E-state index in [1.807, 2.05) is 91.9 Å². The van der Waals surface area contributed by atoms with Crippen LogP contribution in [0.2, 0.25) is 0 Å². The minimum atomic E-state index is -1.30. The molecule has 2 unspecified atom stereocenters. The minimum absolute atomic E-state index is 0.0452. The molecule has 3 fully saturated rings. The Morgan fingerprint density at radius 3 is 2.32 bits per heavy atom. The number of likely N-dealkylation sites (tertiary alicyclic amines) is 1. The third-order valence-corrected chi connectivity index (χ3v) is 10.7. The number of aromatic nitrogens is 3. The van der Waals surface area contributed by atoms with Crippen molar-refractivity contribution in [1.82, 2.24) is 29.7 Å². The zero-order valence-electron chi connectivity index (χ0n) is 28.2. The predicted octanol–water partition coefficient (Wildman–Crippen LogP) is 4.12. The number of carbonyl (C=O) groups is 3. The second-order valence-corrected chi connectivity index (χ2v) is 13.6. The van der Waals surface area contributed by atoms with Crippen LogP contribution in [0.3, 0.4) is 0 Å². The van der Waals surface area contributed by atoms with Crippen LogP contribution < -0.4 is 0 Å². The molecule has 3 saturated heterocycles. The number of ether oxygens (including phenoxy) is 1. The van der Waals surface area contributed by atoms with E-state index in [9.17, 15) is 9.90 Å². The van der Waals surface area contributed by atoms with Crippen molar-refractivity contribution in [3.8, 4) is 0 Å². The van der Waals surface area contributed by atoms with E-state index < -0.39 is 41.7 Å². The Balaban J connectivity index is 1.32. The maximum atomic E-state index is 15.1. The Morgan fingerprint density at radius 1 is 0.960 bits per heavy atom. The summed E-state index contributed by atoms with van der Waals surface area (Å²) >= 11 is 0. The molecule has 7 rings (SSSR count). The topological polar surface area (TPSA) is 121 Å². The molecule has 4 heterocycles. The Hall–Kier alpha value is -5.13. The monoisotopic (exact) mass is 674 g/mol. The number of fused-ring (bicyclic) bond motifs is 2. The molecule has 1 spiro atoms. The number of carbonyl (C=O) groups excluding carboxylic acids is 3. The molecule has 3 aliphatic heterocycles. The van der Waals surface area contributed by atoms with Gasteiger partial charge in [0, 0.05) is 19.6 Å². The quantitative estimate of drug-likeness (QED) is 0.212. The number of rotatable bonds is 13. The van der Waals surface area contributed by atoms with Gasteiger partial charge in [-0.3, -0.25) is 14.4 Å². The standard InChI is InChI=1S/C39H42N6O5/c1-4-22-42(24-27-14-8-6-9-15-27)35(47)32-33-36(48)45(31(25-46)28-16-10-7-11-17-28)34(39(33)21-20-38(32,3)50-39)37(49)43(23-5-2)26-44-30-19-13-12-18-29(30)40-41-44/h4-19,31-34,46H,1-2,20-26H2,3H3/t31-,32+,33+,34?,38-,39?/m1/s1. The summed E-state index contributed by atoms with van der Waals surface area (Å²) in [6.07, 6.45) is 4.20. The Labute approximate surface area is 291 Å². The molecule has 6 atom stereocenters. The van der Waals surface area contributed by atoms with E-state index in [1.165, 1.54) is 4.90 Å². The molecule has 258 valence electrons. The first-order valence-electron chi connectivity index (χ1n) is 17.1. The maximum Gasteiger partial charge on any atom is 0.250 e. The van der Waals surface area contributed by atoms with Gasteiger partial charge < -0.3 is 24.5 Å². The second-order valence-electron chi connectivity index (χ2n) is 13.6. The molecule has 11 heteroatoms. The van der Waals surface area contributed by atoms with E-state index in [2.05, 4.69) is 23.5 Å². The molecular formula is C39H42N6O5. The number of nitrogens with zero attached hydrogens (tertiary/aromatic N) is 6. The zero-order valence-corrected chi connectivity index (χ0v) is 28.2. The molecule has 0 radical (unpaired) electrons. The summed E-state index contributed by atoms with van der Waals surface area (Å²) in [7, 11) is 0. The average molecular weight is 675 g/mol. The number of aliphatic hydroxyl groups excluding tert-OH is 1. The van der Waals surface area contributed by atoms with Crippen LogP contribution in [-0.4, -0.2) is 89.5 Å². The van der Waals surface area contributed by atoms with Gasteiger partial charge in [0.1, 0.15) is 23.8 Å². The average Bonchev–Trinajstić information content (AvgIpc) is 3.84. The van der Waals surface area contributed by atoms with E-state index in [4.69, 9.17) is 4.74 Å². The van der Waals surface area contributed by atoms with Gasteiger partial charge in [-0.1, -0.05) is 90.2 Å². The van der Waals surface area contributed by atoms with Crippen molar-refractivity contribution >= 4 is 28.8 Å². The summed E-state index contributed by atoms with van der Waals surface area (Å²) < 4.78 is 8.60. The number of hydrogen-bond donors (Lipinski definition) is 1. The molecule has 3 amide bonds. The third-order valence-electron chi connectivity index (χ3n) is 10.7. The first-order chi connectivity index (χ1) is 24.3. The van der Waals surface area contributed by atoms with Gasteiger partial charge in [-0.25, -0.2) is 4.68 Å². The Kier molecular flexibility index (Phi) is 8.87. The van der Waals surface area contributed by atoms with Gasteiger partial charge in [-0.15, -0.1) is 18.3 Å². The fourth-order valence-corrected chi connectivity index (χ4v) is 8.50. The fraction of sp³-hybridized carbons (Fsp3) is 0.359. The summed E-state index contributed by atoms with van der Waals surface area (Å²) in [5, 5.41) is 19.5. The van der Waals surface area contributed by atoms with Crippen LogP contribution in [-0.2, 0) is 32.3 Å². The first-order valence-corrected chi connectivity index (χ1v) is 17.1. The molecular weight excluding hydrogens is 632 g/mol. The third kappa shape index (κ3) is 5.41. The van der Waals surface area contributed by atoms with Crippen molar-refractivity contribution in [1.29, 1.82) is 0 Å². The van der Waals surface area contributed by atoms with E-state index in [0.29, 0.717) is 30.5 Å².